The molecule has 21 heavy (non-hydrogen) atoms. The Morgan fingerprint density at radius 2 is 2.24 bits per heavy atom. The number of nitrogens with two attached hydrogens (primary N) is 1. The second kappa shape index (κ2) is 6.28. The average molecular weight is 331 g/mol. The summed E-state index contributed by atoms with van der Waals surface area (Å²) in [7, 11) is 0. The van der Waals surface area contributed by atoms with Crippen molar-refractivity contribution in [3.63, 3.8) is 0 Å². The van der Waals surface area contributed by atoms with Crippen molar-refractivity contribution in [1.29, 1.82) is 0 Å². The van der Waals surface area contributed by atoms with Gasteiger partial charge in [0.25, 0.3) is 0 Å². The molecule has 2 rings (SSSR count). The van der Waals surface area contributed by atoms with E-state index in [1.54, 1.807) is 6.07 Å². The van der Waals surface area contributed by atoms with Gasteiger partial charge in [0.15, 0.2) is 0 Å². The molecule has 1 fully saturated rings. The van der Waals surface area contributed by atoms with E-state index in [9.17, 15) is 4.79 Å². The monoisotopic (exact) mass is 330 g/mol. The third-order valence-electron chi connectivity index (χ3n) is 3.82. The molecule has 1 aliphatic rings. The molecular formula is C14H20Cl2N4O. The van der Waals surface area contributed by atoms with Crippen LogP contribution in [0, 0.1) is 5.41 Å². The predicted molar refractivity (Wildman–Crippen MR) is 87.2 cm³/mol. The maximum Gasteiger partial charge on any atom is 0.225 e. The first kappa shape index (κ1) is 16.2. The molecule has 0 bridgehead atoms. The summed E-state index contributed by atoms with van der Waals surface area (Å²) >= 11 is 12.4. The Bertz CT molecular complexity index is 552. The Morgan fingerprint density at radius 1 is 1.52 bits per heavy atom. The van der Waals surface area contributed by atoms with Crippen molar-refractivity contribution in [2.75, 3.05) is 29.9 Å². The zero-order chi connectivity index (χ0) is 15.6. The number of aromatic nitrogens is 1. The van der Waals surface area contributed by atoms with Gasteiger partial charge in [-0.2, -0.15) is 0 Å². The standard InChI is InChI=1S/C14H20Cl2N4O/c1-3-5-18-11-9(15)7-10(16)12(19-11)20-6-4-14(2,8-20)13(17)21/h7H,3-6,8H2,1-2H3,(H2,17,21)(H,18,19). The van der Waals surface area contributed by atoms with Crippen molar-refractivity contribution in [3.05, 3.63) is 16.1 Å². The van der Waals surface area contributed by atoms with Gasteiger partial charge in [0.1, 0.15) is 11.6 Å². The number of carbonyl (C=O) groups is 1. The van der Waals surface area contributed by atoms with Gasteiger partial charge in [-0.25, -0.2) is 4.98 Å². The number of anilines is 2. The van der Waals surface area contributed by atoms with Crippen LogP contribution < -0.4 is 16.0 Å². The summed E-state index contributed by atoms with van der Waals surface area (Å²) in [4.78, 5) is 18.1. The Labute approximate surface area is 134 Å². The summed E-state index contributed by atoms with van der Waals surface area (Å²) in [5, 5.41) is 4.15. The molecule has 1 aromatic heterocycles. The lowest BCUT2D eigenvalue weighted by Gasteiger charge is -2.23. The lowest BCUT2D eigenvalue weighted by Crippen LogP contribution is -2.37. The first-order valence-corrected chi connectivity index (χ1v) is 7.78. The van der Waals surface area contributed by atoms with Gasteiger partial charge in [-0.15, -0.1) is 0 Å². The fourth-order valence-corrected chi connectivity index (χ4v) is 2.93. The SMILES string of the molecule is CCCNc1nc(N2CCC(C)(C(N)=O)C2)c(Cl)cc1Cl. The van der Waals surface area contributed by atoms with Crippen LogP contribution in [0.5, 0.6) is 0 Å². The van der Waals surface area contributed by atoms with E-state index in [4.69, 9.17) is 28.9 Å². The molecule has 7 heteroatoms. The topological polar surface area (TPSA) is 71.2 Å². The molecule has 1 saturated heterocycles. The number of nitrogens with one attached hydrogen (secondary N) is 1. The number of carbonyl (C=O) groups excluding carboxylic acids is 1. The van der Waals surface area contributed by atoms with Gasteiger partial charge in [0.05, 0.1) is 15.5 Å². The number of hydrogen-bond donors (Lipinski definition) is 2. The van der Waals surface area contributed by atoms with E-state index in [-0.39, 0.29) is 5.91 Å². The maximum absolute atomic E-state index is 11.6. The first-order valence-electron chi connectivity index (χ1n) is 7.02. The Balaban J connectivity index is 2.26. The highest BCUT2D eigenvalue weighted by Crippen LogP contribution is 2.37. The van der Waals surface area contributed by atoms with Crippen LogP contribution >= 0.6 is 23.2 Å². The Morgan fingerprint density at radius 3 is 2.81 bits per heavy atom. The van der Waals surface area contributed by atoms with Crippen molar-refractivity contribution >= 4 is 40.7 Å². The molecule has 0 aliphatic carbocycles. The zero-order valence-corrected chi connectivity index (χ0v) is 13.8. The van der Waals surface area contributed by atoms with Crippen LogP contribution in [-0.2, 0) is 4.79 Å². The number of primary amides is 1. The minimum Gasteiger partial charge on any atom is -0.369 e. The van der Waals surface area contributed by atoms with Gasteiger partial charge in [0.2, 0.25) is 5.91 Å². The number of hydrogen-bond acceptors (Lipinski definition) is 4. The van der Waals surface area contributed by atoms with Crippen LogP contribution in [-0.4, -0.2) is 30.5 Å². The van der Waals surface area contributed by atoms with E-state index in [0.29, 0.717) is 41.2 Å². The molecule has 2 heterocycles. The van der Waals surface area contributed by atoms with Crippen LogP contribution in [0.15, 0.2) is 6.07 Å². The van der Waals surface area contributed by atoms with Gasteiger partial charge in [-0.3, -0.25) is 4.79 Å². The molecule has 0 radical (unpaired) electrons. The molecular weight excluding hydrogens is 311 g/mol. The molecule has 5 nitrogen and oxygen atoms in total. The molecule has 0 spiro atoms. The van der Waals surface area contributed by atoms with E-state index in [0.717, 1.165) is 13.0 Å². The molecule has 1 amide bonds. The van der Waals surface area contributed by atoms with E-state index in [1.807, 2.05) is 11.8 Å². The van der Waals surface area contributed by atoms with Gasteiger partial charge in [0, 0.05) is 19.6 Å². The van der Waals surface area contributed by atoms with Crippen LogP contribution in [0.2, 0.25) is 10.0 Å². The normalized spacial score (nSPS) is 21.6. The van der Waals surface area contributed by atoms with Gasteiger partial charge in [-0.1, -0.05) is 30.1 Å². The van der Waals surface area contributed by atoms with Gasteiger partial charge >= 0.3 is 0 Å². The fraction of sp³-hybridized carbons (Fsp3) is 0.571. The largest absolute Gasteiger partial charge is 0.369 e. The summed E-state index contributed by atoms with van der Waals surface area (Å²) in [5.74, 6) is 0.967. The molecule has 1 unspecified atom stereocenters. The highest BCUT2D eigenvalue weighted by molar-refractivity contribution is 6.37. The first-order chi connectivity index (χ1) is 9.87. The molecule has 1 atom stereocenters. The van der Waals surface area contributed by atoms with Crippen molar-refractivity contribution in [1.82, 2.24) is 4.98 Å². The van der Waals surface area contributed by atoms with Crippen LogP contribution in [0.25, 0.3) is 0 Å². The Hall–Kier alpha value is -1.20. The molecule has 0 aromatic carbocycles. The smallest absolute Gasteiger partial charge is 0.225 e. The second-order valence-electron chi connectivity index (χ2n) is 5.65. The van der Waals surface area contributed by atoms with Gasteiger partial charge < -0.3 is 16.0 Å². The zero-order valence-electron chi connectivity index (χ0n) is 12.2. The van der Waals surface area contributed by atoms with Crippen LogP contribution in [0.4, 0.5) is 11.6 Å². The Kier molecular flexibility index (Phi) is 4.84. The third-order valence-corrected chi connectivity index (χ3v) is 4.39. The molecule has 0 saturated carbocycles. The number of nitrogens with zero attached hydrogens (tertiary/aromatic N) is 2. The van der Waals surface area contributed by atoms with E-state index >= 15 is 0 Å². The fourth-order valence-electron chi connectivity index (χ4n) is 2.39. The second-order valence-corrected chi connectivity index (χ2v) is 6.46. The van der Waals surface area contributed by atoms with Crippen molar-refractivity contribution < 1.29 is 4.79 Å². The summed E-state index contributed by atoms with van der Waals surface area (Å²) in [6, 6.07) is 1.68. The summed E-state index contributed by atoms with van der Waals surface area (Å²) in [6.45, 7) is 5.93. The summed E-state index contributed by atoms with van der Waals surface area (Å²) < 4.78 is 0. The number of rotatable bonds is 5. The average Bonchev–Trinajstić information content (AvgIpc) is 2.82. The highest BCUT2D eigenvalue weighted by atomic mass is 35.5. The van der Waals surface area contributed by atoms with Crippen LogP contribution in [0.1, 0.15) is 26.7 Å². The maximum atomic E-state index is 11.6. The summed E-state index contributed by atoms with van der Waals surface area (Å²) in [5.41, 5.74) is 4.94. The van der Waals surface area contributed by atoms with Crippen molar-refractivity contribution in [3.8, 4) is 0 Å². The number of pyridine rings is 1. The molecule has 1 aromatic rings. The van der Waals surface area contributed by atoms with E-state index in [1.165, 1.54) is 0 Å². The molecule has 1 aliphatic heterocycles. The minimum absolute atomic E-state index is 0.292. The van der Waals surface area contributed by atoms with Crippen LogP contribution in [0.3, 0.4) is 0 Å². The number of halogens is 2. The third kappa shape index (κ3) is 3.35. The minimum atomic E-state index is -0.540. The van der Waals surface area contributed by atoms with Gasteiger partial charge in [-0.05, 0) is 25.8 Å². The summed E-state index contributed by atoms with van der Waals surface area (Å²) in [6.07, 6.45) is 1.67. The lowest BCUT2D eigenvalue weighted by atomic mass is 9.89. The molecule has 3 N–H and O–H groups in total. The van der Waals surface area contributed by atoms with E-state index in [2.05, 4.69) is 17.2 Å². The molecule has 116 valence electrons. The van der Waals surface area contributed by atoms with E-state index < -0.39 is 5.41 Å². The van der Waals surface area contributed by atoms with Crippen molar-refractivity contribution in [2.45, 2.75) is 26.7 Å². The predicted octanol–water partition coefficient (Wildman–Crippen LogP) is 2.91. The lowest BCUT2D eigenvalue weighted by molar-refractivity contribution is -0.125. The quantitative estimate of drug-likeness (QED) is 0.870. The number of amides is 1. The van der Waals surface area contributed by atoms with Crippen molar-refractivity contribution in [2.24, 2.45) is 11.1 Å². The highest BCUT2D eigenvalue weighted by Gasteiger charge is 2.40.